The summed E-state index contributed by atoms with van der Waals surface area (Å²) in [7, 11) is 0. The van der Waals surface area contributed by atoms with Crippen LogP contribution in [0.1, 0.15) is 20.3 Å². The standard InChI is InChI=1S/C12H23NO3/c1-12(2,13-4-7-15-8-5-13)11(14)10-3-6-16-9-10/h10-11,14H,3-9H2,1-2H3. The molecule has 2 rings (SSSR count). The molecule has 0 aromatic heterocycles. The highest BCUT2D eigenvalue weighted by molar-refractivity contribution is 4.94. The van der Waals surface area contributed by atoms with Crippen LogP contribution >= 0.6 is 0 Å². The smallest absolute Gasteiger partial charge is 0.0769 e. The molecule has 2 fully saturated rings. The largest absolute Gasteiger partial charge is 0.391 e. The Hall–Kier alpha value is -0.160. The Morgan fingerprint density at radius 2 is 1.88 bits per heavy atom. The summed E-state index contributed by atoms with van der Waals surface area (Å²) in [6, 6.07) is 0. The van der Waals surface area contributed by atoms with Crippen molar-refractivity contribution in [2.24, 2.45) is 5.92 Å². The summed E-state index contributed by atoms with van der Waals surface area (Å²) in [5, 5.41) is 10.5. The molecule has 1 N–H and O–H groups in total. The third-order valence-electron chi connectivity index (χ3n) is 3.96. The second-order valence-corrected chi connectivity index (χ2v) is 5.32. The number of ether oxygens (including phenoxy) is 2. The van der Waals surface area contributed by atoms with Crippen molar-refractivity contribution in [1.82, 2.24) is 4.90 Å². The van der Waals surface area contributed by atoms with Crippen LogP contribution in [0.5, 0.6) is 0 Å². The summed E-state index contributed by atoms with van der Waals surface area (Å²) in [5.74, 6) is 0.290. The fourth-order valence-electron chi connectivity index (χ4n) is 2.71. The minimum absolute atomic E-state index is 0.178. The van der Waals surface area contributed by atoms with E-state index in [2.05, 4.69) is 18.7 Å². The number of hydrogen-bond donors (Lipinski definition) is 1. The van der Waals surface area contributed by atoms with Gasteiger partial charge in [0, 0.05) is 31.2 Å². The van der Waals surface area contributed by atoms with Crippen molar-refractivity contribution in [3.05, 3.63) is 0 Å². The quantitative estimate of drug-likeness (QED) is 0.765. The highest BCUT2D eigenvalue weighted by Gasteiger charge is 2.40. The van der Waals surface area contributed by atoms with Crippen LogP contribution in [-0.2, 0) is 9.47 Å². The van der Waals surface area contributed by atoms with Gasteiger partial charge in [-0.3, -0.25) is 4.90 Å². The van der Waals surface area contributed by atoms with E-state index in [0.717, 1.165) is 39.3 Å². The third kappa shape index (κ3) is 2.40. The first kappa shape index (κ1) is 12.3. The minimum Gasteiger partial charge on any atom is -0.391 e. The maximum Gasteiger partial charge on any atom is 0.0769 e. The topological polar surface area (TPSA) is 41.9 Å². The van der Waals surface area contributed by atoms with Gasteiger partial charge in [-0.15, -0.1) is 0 Å². The molecule has 16 heavy (non-hydrogen) atoms. The van der Waals surface area contributed by atoms with Crippen molar-refractivity contribution in [2.45, 2.75) is 31.9 Å². The predicted octanol–water partition coefficient (Wildman–Crippen LogP) is 0.495. The molecule has 4 nitrogen and oxygen atoms in total. The van der Waals surface area contributed by atoms with Crippen molar-refractivity contribution in [2.75, 3.05) is 39.5 Å². The van der Waals surface area contributed by atoms with Crippen LogP contribution in [0.25, 0.3) is 0 Å². The Bertz CT molecular complexity index is 220. The van der Waals surface area contributed by atoms with Crippen LogP contribution in [0.4, 0.5) is 0 Å². The van der Waals surface area contributed by atoms with Gasteiger partial charge in [0.15, 0.2) is 0 Å². The molecule has 0 spiro atoms. The Morgan fingerprint density at radius 3 is 2.44 bits per heavy atom. The Balaban J connectivity index is 1.98. The van der Waals surface area contributed by atoms with Gasteiger partial charge in [-0.05, 0) is 20.3 Å². The molecular weight excluding hydrogens is 206 g/mol. The molecule has 2 saturated heterocycles. The third-order valence-corrected chi connectivity index (χ3v) is 3.96. The fourth-order valence-corrected chi connectivity index (χ4v) is 2.71. The lowest BCUT2D eigenvalue weighted by Crippen LogP contribution is -2.58. The van der Waals surface area contributed by atoms with E-state index in [1.807, 2.05) is 0 Å². The first-order valence-electron chi connectivity index (χ1n) is 6.21. The molecule has 94 valence electrons. The van der Waals surface area contributed by atoms with E-state index in [0.29, 0.717) is 6.61 Å². The molecule has 0 aliphatic carbocycles. The van der Waals surface area contributed by atoms with Crippen LogP contribution in [0.15, 0.2) is 0 Å². The lowest BCUT2D eigenvalue weighted by molar-refractivity contribution is -0.0805. The van der Waals surface area contributed by atoms with Gasteiger partial charge in [0.1, 0.15) is 0 Å². The molecule has 0 radical (unpaired) electrons. The minimum atomic E-state index is -0.312. The first-order valence-corrected chi connectivity index (χ1v) is 6.21. The van der Waals surface area contributed by atoms with Crippen LogP contribution in [0, 0.1) is 5.92 Å². The van der Waals surface area contributed by atoms with E-state index in [4.69, 9.17) is 9.47 Å². The Morgan fingerprint density at radius 1 is 1.19 bits per heavy atom. The molecule has 4 heteroatoms. The Labute approximate surface area is 97.5 Å². The molecule has 0 aromatic carbocycles. The fraction of sp³-hybridized carbons (Fsp3) is 1.00. The number of hydrogen-bond acceptors (Lipinski definition) is 4. The molecular formula is C12H23NO3. The van der Waals surface area contributed by atoms with Crippen LogP contribution in [0.3, 0.4) is 0 Å². The maximum absolute atomic E-state index is 10.5. The molecule has 2 unspecified atom stereocenters. The van der Waals surface area contributed by atoms with E-state index < -0.39 is 0 Å². The summed E-state index contributed by atoms with van der Waals surface area (Å²) >= 11 is 0. The van der Waals surface area contributed by atoms with E-state index in [1.54, 1.807) is 0 Å². The Kier molecular flexibility index (Phi) is 3.85. The molecule has 0 bridgehead atoms. The number of nitrogens with zero attached hydrogens (tertiary/aromatic N) is 1. The molecule has 0 saturated carbocycles. The monoisotopic (exact) mass is 229 g/mol. The van der Waals surface area contributed by atoms with Crippen LogP contribution in [0.2, 0.25) is 0 Å². The van der Waals surface area contributed by atoms with Gasteiger partial charge in [-0.2, -0.15) is 0 Å². The molecule has 2 atom stereocenters. The molecule has 2 aliphatic rings. The van der Waals surface area contributed by atoms with Gasteiger partial charge in [0.25, 0.3) is 0 Å². The molecule has 0 aromatic rings. The van der Waals surface area contributed by atoms with Gasteiger partial charge >= 0.3 is 0 Å². The highest BCUT2D eigenvalue weighted by atomic mass is 16.5. The van der Waals surface area contributed by atoms with E-state index in [-0.39, 0.29) is 17.6 Å². The van der Waals surface area contributed by atoms with Crippen molar-refractivity contribution >= 4 is 0 Å². The van der Waals surface area contributed by atoms with Crippen LogP contribution in [-0.4, -0.2) is 61.2 Å². The maximum atomic E-state index is 10.5. The number of morpholine rings is 1. The second kappa shape index (κ2) is 5.00. The number of aliphatic hydroxyl groups excluding tert-OH is 1. The normalized spacial score (nSPS) is 30.6. The molecule has 2 aliphatic heterocycles. The summed E-state index contributed by atoms with van der Waals surface area (Å²) < 4.78 is 10.7. The summed E-state index contributed by atoms with van der Waals surface area (Å²) in [4.78, 5) is 2.33. The first-order chi connectivity index (χ1) is 7.62. The van der Waals surface area contributed by atoms with Gasteiger partial charge in [-0.25, -0.2) is 0 Å². The van der Waals surface area contributed by atoms with Crippen molar-refractivity contribution < 1.29 is 14.6 Å². The number of rotatable bonds is 3. The lowest BCUT2D eigenvalue weighted by atomic mass is 9.84. The van der Waals surface area contributed by atoms with Gasteiger partial charge < -0.3 is 14.6 Å². The van der Waals surface area contributed by atoms with Gasteiger partial charge in [0.05, 0.1) is 25.9 Å². The van der Waals surface area contributed by atoms with Gasteiger partial charge in [0.2, 0.25) is 0 Å². The predicted molar refractivity (Wildman–Crippen MR) is 61.4 cm³/mol. The zero-order valence-electron chi connectivity index (χ0n) is 10.3. The zero-order chi connectivity index (χ0) is 11.6. The van der Waals surface area contributed by atoms with E-state index in [9.17, 15) is 5.11 Å². The molecule has 0 amide bonds. The van der Waals surface area contributed by atoms with E-state index >= 15 is 0 Å². The number of aliphatic hydroxyl groups is 1. The average Bonchev–Trinajstić information content (AvgIpc) is 2.82. The summed E-state index contributed by atoms with van der Waals surface area (Å²) in [6.07, 6.45) is 0.669. The zero-order valence-corrected chi connectivity index (χ0v) is 10.3. The van der Waals surface area contributed by atoms with Crippen LogP contribution < -0.4 is 0 Å². The average molecular weight is 229 g/mol. The second-order valence-electron chi connectivity index (χ2n) is 5.32. The van der Waals surface area contributed by atoms with E-state index in [1.165, 1.54) is 0 Å². The molecule has 2 heterocycles. The van der Waals surface area contributed by atoms with Crippen molar-refractivity contribution in [3.63, 3.8) is 0 Å². The highest BCUT2D eigenvalue weighted by Crippen LogP contribution is 2.29. The lowest BCUT2D eigenvalue weighted by Gasteiger charge is -2.45. The van der Waals surface area contributed by atoms with Crippen molar-refractivity contribution in [3.8, 4) is 0 Å². The summed E-state index contributed by atoms with van der Waals surface area (Å²) in [5.41, 5.74) is -0.178. The summed E-state index contributed by atoms with van der Waals surface area (Å²) in [6.45, 7) is 9.13. The van der Waals surface area contributed by atoms with Crippen molar-refractivity contribution in [1.29, 1.82) is 0 Å². The SMILES string of the molecule is CC(C)(C(O)C1CCOC1)N1CCOCC1. The van der Waals surface area contributed by atoms with Gasteiger partial charge in [-0.1, -0.05) is 0 Å².